The van der Waals surface area contributed by atoms with Crippen LogP contribution in [0, 0.1) is 17.0 Å². The minimum atomic E-state index is -0.494. The van der Waals surface area contributed by atoms with E-state index in [9.17, 15) is 19.7 Å². The zero-order valence-electron chi connectivity index (χ0n) is 14.4. The standard InChI is InChI=1S/C16H23N3O5/c1-5-24-16(21)10-18(11(2)3)9-15(20)17-13-7-6-12(4)14(8-13)19(22)23/h6-8,11H,5,9-10H2,1-4H3,(H,17,20). The van der Waals surface area contributed by atoms with Crippen molar-refractivity contribution in [2.75, 3.05) is 25.0 Å². The van der Waals surface area contributed by atoms with Gasteiger partial charge in [0.1, 0.15) is 0 Å². The first kappa shape index (κ1) is 19.6. The summed E-state index contributed by atoms with van der Waals surface area (Å²) in [5.41, 5.74) is 0.807. The van der Waals surface area contributed by atoms with Gasteiger partial charge in [0.15, 0.2) is 0 Å². The van der Waals surface area contributed by atoms with E-state index in [1.807, 2.05) is 13.8 Å². The zero-order chi connectivity index (χ0) is 18.3. The highest BCUT2D eigenvalue weighted by Crippen LogP contribution is 2.22. The normalized spacial score (nSPS) is 10.8. The van der Waals surface area contributed by atoms with Gasteiger partial charge in [-0.2, -0.15) is 0 Å². The molecule has 0 saturated heterocycles. The molecule has 0 spiro atoms. The Balaban J connectivity index is 2.74. The Labute approximate surface area is 140 Å². The number of carbonyl (C=O) groups is 2. The Hall–Kier alpha value is -2.48. The summed E-state index contributed by atoms with van der Waals surface area (Å²) in [7, 11) is 0. The van der Waals surface area contributed by atoms with Gasteiger partial charge in [-0.3, -0.25) is 24.6 Å². The molecule has 1 rings (SSSR count). The average Bonchev–Trinajstić information content (AvgIpc) is 2.48. The number of nitro groups is 1. The molecule has 1 N–H and O–H groups in total. The highest BCUT2D eigenvalue weighted by Gasteiger charge is 2.19. The number of hydrogen-bond acceptors (Lipinski definition) is 6. The molecule has 0 atom stereocenters. The summed E-state index contributed by atoms with van der Waals surface area (Å²) in [6, 6.07) is 4.46. The molecule has 0 aliphatic rings. The Kier molecular flexibility index (Phi) is 7.31. The van der Waals surface area contributed by atoms with Crippen molar-refractivity contribution in [3.63, 3.8) is 0 Å². The lowest BCUT2D eigenvalue weighted by Crippen LogP contribution is -2.41. The largest absolute Gasteiger partial charge is 0.465 e. The van der Waals surface area contributed by atoms with Gasteiger partial charge in [0.25, 0.3) is 5.69 Å². The number of nitro benzene ring substituents is 1. The zero-order valence-corrected chi connectivity index (χ0v) is 14.4. The smallest absolute Gasteiger partial charge is 0.320 e. The number of hydrogen-bond donors (Lipinski definition) is 1. The minimum Gasteiger partial charge on any atom is -0.465 e. The molecule has 0 bridgehead atoms. The van der Waals surface area contributed by atoms with Gasteiger partial charge in [0.2, 0.25) is 5.91 Å². The maximum Gasteiger partial charge on any atom is 0.320 e. The molecule has 0 saturated carbocycles. The third-order valence-electron chi connectivity index (χ3n) is 3.40. The summed E-state index contributed by atoms with van der Waals surface area (Å²) < 4.78 is 4.89. The number of amides is 1. The van der Waals surface area contributed by atoms with Crippen molar-refractivity contribution in [3.8, 4) is 0 Å². The second-order valence-corrected chi connectivity index (χ2v) is 5.61. The van der Waals surface area contributed by atoms with Crippen LogP contribution < -0.4 is 5.32 Å². The second-order valence-electron chi connectivity index (χ2n) is 5.61. The highest BCUT2D eigenvalue weighted by atomic mass is 16.6. The third-order valence-corrected chi connectivity index (χ3v) is 3.40. The minimum absolute atomic E-state index is 0.00692. The predicted molar refractivity (Wildman–Crippen MR) is 89.8 cm³/mol. The SMILES string of the molecule is CCOC(=O)CN(CC(=O)Nc1ccc(C)c([N+](=O)[O-])c1)C(C)C. The molecule has 1 aromatic carbocycles. The first-order valence-corrected chi connectivity index (χ1v) is 7.69. The van der Waals surface area contributed by atoms with Crippen molar-refractivity contribution in [1.82, 2.24) is 4.90 Å². The number of esters is 1. The van der Waals surface area contributed by atoms with Gasteiger partial charge >= 0.3 is 5.97 Å². The van der Waals surface area contributed by atoms with Gasteiger partial charge in [0.05, 0.1) is 24.6 Å². The maximum atomic E-state index is 12.2. The fourth-order valence-electron chi connectivity index (χ4n) is 2.06. The third kappa shape index (κ3) is 5.96. The first-order valence-electron chi connectivity index (χ1n) is 7.69. The van der Waals surface area contributed by atoms with Crippen molar-refractivity contribution in [2.24, 2.45) is 0 Å². The highest BCUT2D eigenvalue weighted by molar-refractivity contribution is 5.93. The molecule has 0 heterocycles. The van der Waals surface area contributed by atoms with Crippen molar-refractivity contribution >= 4 is 23.3 Å². The number of nitrogens with one attached hydrogen (secondary N) is 1. The van der Waals surface area contributed by atoms with Gasteiger partial charge in [-0.25, -0.2) is 0 Å². The maximum absolute atomic E-state index is 12.2. The van der Waals surface area contributed by atoms with Crippen LogP contribution in [-0.4, -0.2) is 47.4 Å². The molecule has 0 unspecified atom stereocenters. The number of anilines is 1. The number of carbonyl (C=O) groups excluding carboxylic acids is 2. The monoisotopic (exact) mass is 337 g/mol. The summed E-state index contributed by atoms with van der Waals surface area (Å²) >= 11 is 0. The van der Waals surface area contributed by atoms with E-state index in [0.29, 0.717) is 11.3 Å². The Morgan fingerprint density at radius 2 is 2.00 bits per heavy atom. The van der Waals surface area contributed by atoms with Crippen LogP contribution in [0.1, 0.15) is 26.3 Å². The molecule has 0 aliphatic heterocycles. The predicted octanol–water partition coefficient (Wildman–Crippen LogP) is 2.12. The van der Waals surface area contributed by atoms with E-state index in [-0.39, 0.29) is 37.3 Å². The Morgan fingerprint density at radius 1 is 1.33 bits per heavy atom. The van der Waals surface area contributed by atoms with Crippen LogP contribution in [0.15, 0.2) is 18.2 Å². The molecule has 0 aliphatic carbocycles. The molecule has 1 aromatic rings. The van der Waals surface area contributed by atoms with Gasteiger partial charge in [-0.1, -0.05) is 6.07 Å². The summed E-state index contributed by atoms with van der Waals surface area (Å²) in [5.74, 6) is -0.754. The molecule has 132 valence electrons. The van der Waals surface area contributed by atoms with Crippen LogP contribution in [0.3, 0.4) is 0 Å². The lowest BCUT2D eigenvalue weighted by molar-refractivity contribution is -0.385. The van der Waals surface area contributed by atoms with Crippen LogP contribution in [0.25, 0.3) is 0 Å². The van der Waals surface area contributed by atoms with Gasteiger partial charge < -0.3 is 10.1 Å². The van der Waals surface area contributed by atoms with Crippen LogP contribution in [0.5, 0.6) is 0 Å². The molecule has 0 fully saturated rings. The second kappa shape index (κ2) is 8.97. The van der Waals surface area contributed by atoms with Gasteiger partial charge in [0, 0.05) is 23.4 Å². The van der Waals surface area contributed by atoms with E-state index in [1.165, 1.54) is 6.07 Å². The summed E-state index contributed by atoms with van der Waals surface area (Å²) in [4.78, 5) is 35.9. The van der Waals surface area contributed by atoms with E-state index in [0.717, 1.165) is 0 Å². The Bertz CT molecular complexity index is 616. The van der Waals surface area contributed by atoms with Crippen molar-refractivity contribution in [1.29, 1.82) is 0 Å². The molecular formula is C16H23N3O5. The lowest BCUT2D eigenvalue weighted by atomic mass is 10.2. The van der Waals surface area contributed by atoms with E-state index >= 15 is 0 Å². The van der Waals surface area contributed by atoms with Crippen LogP contribution in [0.4, 0.5) is 11.4 Å². The van der Waals surface area contributed by atoms with E-state index in [2.05, 4.69) is 5.32 Å². The molecule has 1 amide bonds. The summed E-state index contributed by atoms with van der Waals surface area (Å²) in [6.07, 6.45) is 0. The lowest BCUT2D eigenvalue weighted by Gasteiger charge is -2.24. The fraction of sp³-hybridized carbons (Fsp3) is 0.500. The Morgan fingerprint density at radius 3 is 2.54 bits per heavy atom. The fourth-order valence-corrected chi connectivity index (χ4v) is 2.06. The van der Waals surface area contributed by atoms with Gasteiger partial charge in [-0.05, 0) is 33.8 Å². The van der Waals surface area contributed by atoms with Crippen molar-refractivity contribution in [3.05, 3.63) is 33.9 Å². The van der Waals surface area contributed by atoms with Crippen molar-refractivity contribution in [2.45, 2.75) is 33.7 Å². The average molecular weight is 337 g/mol. The van der Waals surface area contributed by atoms with Crippen molar-refractivity contribution < 1.29 is 19.2 Å². The molecule has 0 radical (unpaired) electrons. The summed E-state index contributed by atoms with van der Waals surface area (Å²) in [5, 5.41) is 13.6. The summed E-state index contributed by atoms with van der Waals surface area (Å²) in [6.45, 7) is 7.35. The molecular weight excluding hydrogens is 314 g/mol. The van der Waals surface area contributed by atoms with Crippen LogP contribution >= 0.6 is 0 Å². The van der Waals surface area contributed by atoms with Gasteiger partial charge in [-0.15, -0.1) is 0 Å². The molecule has 8 heteroatoms. The number of nitrogens with zero attached hydrogens (tertiary/aromatic N) is 2. The number of benzene rings is 1. The van der Waals surface area contributed by atoms with Crippen LogP contribution in [0.2, 0.25) is 0 Å². The topological polar surface area (TPSA) is 102 Å². The van der Waals surface area contributed by atoms with E-state index < -0.39 is 10.9 Å². The number of rotatable bonds is 8. The molecule has 24 heavy (non-hydrogen) atoms. The van der Waals surface area contributed by atoms with E-state index in [4.69, 9.17) is 4.74 Å². The quantitative estimate of drug-likeness (QED) is 0.443. The van der Waals surface area contributed by atoms with E-state index in [1.54, 1.807) is 30.9 Å². The molecule has 0 aromatic heterocycles. The number of aryl methyl sites for hydroxylation is 1. The first-order chi connectivity index (χ1) is 11.2. The molecule has 8 nitrogen and oxygen atoms in total. The number of ether oxygens (including phenoxy) is 1. The van der Waals surface area contributed by atoms with Crippen LogP contribution in [-0.2, 0) is 14.3 Å².